The maximum absolute atomic E-state index is 13.5. The molecule has 2 aliphatic rings. The van der Waals surface area contributed by atoms with Crippen molar-refractivity contribution in [1.29, 1.82) is 0 Å². The van der Waals surface area contributed by atoms with Crippen molar-refractivity contribution in [2.75, 3.05) is 38.8 Å². The lowest BCUT2D eigenvalue weighted by Crippen LogP contribution is -2.52. The highest BCUT2D eigenvalue weighted by Crippen LogP contribution is 2.30. The smallest absolute Gasteiger partial charge is 0.347 e. The molecule has 1 N–H and O–H groups in total. The minimum absolute atomic E-state index is 0.136. The Bertz CT molecular complexity index is 1420. The van der Waals surface area contributed by atoms with Crippen LogP contribution in [-0.2, 0) is 55.8 Å². The average molecular weight is 756 g/mol. The first kappa shape index (κ1) is 40.7. The molecule has 3 amide bonds. The van der Waals surface area contributed by atoms with Gasteiger partial charge in [-0.2, -0.15) is 0 Å². The Morgan fingerprint density at radius 2 is 1.19 bits per heavy atom. The van der Waals surface area contributed by atoms with Crippen molar-refractivity contribution in [2.24, 2.45) is 11.8 Å². The Hall–Kier alpha value is -4.04. The molecule has 0 spiro atoms. The molecule has 52 heavy (non-hydrogen) atoms. The summed E-state index contributed by atoms with van der Waals surface area (Å²) in [6.45, 7) is 4.51. The summed E-state index contributed by atoms with van der Waals surface area (Å²) in [5.74, 6) is -2.34. The fourth-order valence-electron chi connectivity index (χ4n) is 6.39. The zero-order valence-electron chi connectivity index (χ0n) is 30.2. The van der Waals surface area contributed by atoms with E-state index in [0.29, 0.717) is 50.3 Å². The Morgan fingerprint density at radius 3 is 1.71 bits per heavy atom. The number of methoxy groups -OCH3 is 2. The molecule has 0 aromatic heterocycles. The standard InChI is InChI=1S/C38H49N3O9S2/c1-25(34(43)40-19-11-17-30(40)33(42)39-29(36(45)48-3)21-27-13-7-5-8-14-27)23-51-52-24-26(2)35(44)41-20-12-18-31(41)37(46)50-32(38(47)49-4)22-28-15-9-6-10-16-28/h5-10,13-16,25-26,29-32H,11-12,17-24H2,1-4H3,(H,39,42). The van der Waals surface area contributed by atoms with E-state index in [9.17, 15) is 28.8 Å². The number of amides is 3. The van der Waals surface area contributed by atoms with E-state index >= 15 is 0 Å². The molecule has 6 unspecified atom stereocenters. The molecule has 0 aliphatic carbocycles. The van der Waals surface area contributed by atoms with Gasteiger partial charge >= 0.3 is 17.9 Å². The van der Waals surface area contributed by atoms with Crippen LogP contribution in [-0.4, -0.2) is 108 Å². The van der Waals surface area contributed by atoms with E-state index in [1.165, 1.54) is 35.8 Å². The van der Waals surface area contributed by atoms with Gasteiger partial charge in [-0.25, -0.2) is 14.4 Å². The Labute approximate surface area is 313 Å². The van der Waals surface area contributed by atoms with Crippen LogP contribution in [0.3, 0.4) is 0 Å². The van der Waals surface area contributed by atoms with E-state index < -0.39 is 48.1 Å². The van der Waals surface area contributed by atoms with E-state index in [1.54, 1.807) is 9.80 Å². The van der Waals surface area contributed by atoms with Crippen molar-refractivity contribution in [1.82, 2.24) is 15.1 Å². The molecule has 2 heterocycles. The molecule has 0 bridgehead atoms. The summed E-state index contributed by atoms with van der Waals surface area (Å²) in [6.07, 6.45) is 1.61. The molecule has 2 aliphatic heterocycles. The third-order valence-electron chi connectivity index (χ3n) is 9.28. The highest BCUT2D eigenvalue weighted by atomic mass is 33.1. The van der Waals surface area contributed by atoms with Crippen molar-refractivity contribution >= 4 is 57.2 Å². The van der Waals surface area contributed by atoms with Gasteiger partial charge in [-0.3, -0.25) is 14.4 Å². The second kappa shape index (κ2) is 20.3. The molecule has 2 aromatic carbocycles. The van der Waals surface area contributed by atoms with Gasteiger partial charge in [-0.05, 0) is 36.8 Å². The molecule has 4 rings (SSSR count). The summed E-state index contributed by atoms with van der Waals surface area (Å²) in [5.41, 5.74) is 1.70. The van der Waals surface area contributed by atoms with Crippen LogP contribution in [0.15, 0.2) is 60.7 Å². The van der Waals surface area contributed by atoms with Crippen LogP contribution in [0.2, 0.25) is 0 Å². The van der Waals surface area contributed by atoms with Gasteiger partial charge < -0.3 is 29.3 Å². The lowest BCUT2D eigenvalue weighted by Gasteiger charge is -2.28. The number of esters is 3. The molecule has 2 aromatic rings. The van der Waals surface area contributed by atoms with Crippen molar-refractivity contribution in [3.8, 4) is 0 Å². The Morgan fingerprint density at radius 1 is 0.712 bits per heavy atom. The van der Waals surface area contributed by atoms with Crippen molar-refractivity contribution in [2.45, 2.75) is 76.6 Å². The van der Waals surface area contributed by atoms with Gasteiger partial charge in [0, 0.05) is 49.3 Å². The normalized spacial score (nSPS) is 19.2. The number of likely N-dealkylation sites (tertiary alicyclic amines) is 2. The first-order valence-electron chi connectivity index (χ1n) is 17.6. The lowest BCUT2D eigenvalue weighted by molar-refractivity contribution is -0.170. The molecule has 0 radical (unpaired) electrons. The molecule has 2 fully saturated rings. The second-order valence-corrected chi connectivity index (χ2v) is 15.7. The average Bonchev–Trinajstić information content (AvgIpc) is 3.86. The quantitative estimate of drug-likeness (QED) is 0.109. The van der Waals surface area contributed by atoms with Crippen LogP contribution in [0.25, 0.3) is 0 Å². The molecular weight excluding hydrogens is 707 g/mol. The monoisotopic (exact) mass is 755 g/mol. The summed E-state index contributed by atoms with van der Waals surface area (Å²) in [7, 11) is 5.48. The van der Waals surface area contributed by atoms with E-state index in [1.807, 2.05) is 74.5 Å². The largest absolute Gasteiger partial charge is 0.467 e. The van der Waals surface area contributed by atoms with E-state index in [4.69, 9.17) is 14.2 Å². The molecule has 0 saturated carbocycles. The predicted molar refractivity (Wildman–Crippen MR) is 199 cm³/mol. The van der Waals surface area contributed by atoms with Gasteiger partial charge in [0.1, 0.15) is 18.1 Å². The predicted octanol–water partition coefficient (Wildman–Crippen LogP) is 3.85. The highest BCUT2D eigenvalue weighted by molar-refractivity contribution is 8.76. The summed E-state index contributed by atoms with van der Waals surface area (Å²) < 4.78 is 15.4. The Balaban J connectivity index is 1.23. The number of rotatable bonds is 17. The van der Waals surface area contributed by atoms with Crippen LogP contribution in [0.4, 0.5) is 0 Å². The SMILES string of the molecule is COC(=O)C(Cc1ccccc1)NC(=O)C1CCCN1C(=O)C(C)CSSCC(C)C(=O)N1CCCC1C(=O)OC(Cc1ccccc1)C(=O)OC. The molecule has 2 saturated heterocycles. The molecule has 12 nitrogen and oxygen atoms in total. The fraction of sp³-hybridized carbons (Fsp3) is 0.526. The van der Waals surface area contributed by atoms with Gasteiger partial charge in [0.2, 0.25) is 23.8 Å². The number of hydrogen-bond donors (Lipinski definition) is 1. The van der Waals surface area contributed by atoms with Gasteiger partial charge in [0.15, 0.2) is 0 Å². The van der Waals surface area contributed by atoms with Crippen LogP contribution in [0.5, 0.6) is 0 Å². The van der Waals surface area contributed by atoms with Gasteiger partial charge in [0.25, 0.3) is 0 Å². The number of ether oxygens (including phenoxy) is 3. The summed E-state index contributed by atoms with van der Waals surface area (Å²) in [5, 5.41) is 2.81. The van der Waals surface area contributed by atoms with Crippen molar-refractivity contribution in [3.05, 3.63) is 71.8 Å². The zero-order chi connectivity index (χ0) is 37.6. The van der Waals surface area contributed by atoms with E-state index in [2.05, 4.69) is 5.32 Å². The van der Waals surface area contributed by atoms with Gasteiger partial charge in [-0.15, -0.1) is 0 Å². The summed E-state index contributed by atoms with van der Waals surface area (Å²) in [4.78, 5) is 81.6. The van der Waals surface area contributed by atoms with Crippen molar-refractivity contribution < 1.29 is 43.0 Å². The number of nitrogens with zero attached hydrogens (tertiary/aromatic N) is 2. The minimum atomic E-state index is -1.12. The second-order valence-electron chi connectivity index (χ2n) is 13.2. The topological polar surface area (TPSA) is 149 Å². The number of hydrogen-bond acceptors (Lipinski definition) is 11. The summed E-state index contributed by atoms with van der Waals surface area (Å²) >= 11 is 0. The first-order chi connectivity index (χ1) is 25.0. The highest BCUT2D eigenvalue weighted by Gasteiger charge is 2.40. The first-order valence-corrected chi connectivity index (χ1v) is 20.1. The molecular formula is C38H49N3O9S2. The summed E-state index contributed by atoms with van der Waals surface area (Å²) in [6, 6.07) is 16.2. The van der Waals surface area contributed by atoms with E-state index in [-0.39, 0.29) is 36.5 Å². The van der Waals surface area contributed by atoms with Gasteiger partial charge in [0.05, 0.1) is 14.2 Å². The number of benzene rings is 2. The van der Waals surface area contributed by atoms with Crippen molar-refractivity contribution in [3.63, 3.8) is 0 Å². The minimum Gasteiger partial charge on any atom is -0.467 e. The number of carbonyl (C=O) groups excluding carboxylic acids is 6. The van der Waals surface area contributed by atoms with Crippen LogP contribution in [0.1, 0.15) is 50.7 Å². The number of nitrogens with one attached hydrogen (secondary N) is 1. The molecule has 6 atom stereocenters. The zero-order valence-corrected chi connectivity index (χ0v) is 31.8. The van der Waals surface area contributed by atoms with Crippen LogP contribution in [0, 0.1) is 11.8 Å². The maximum atomic E-state index is 13.5. The Kier molecular flexibility index (Phi) is 15.9. The molecule has 14 heteroatoms. The van der Waals surface area contributed by atoms with E-state index in [0.717, 1.165) is 11.1 Å². The maximum Gasteiger partial charge on any atom is 0.347 e. The van der Waals surface area contributed by atoms with Crippen LogP contribution < -0.4 is 5.32 Å². The third kappa shape index (κ3) is 11.2. The fourth-order valence-corrected chi connectivity index (χ4v) is 9.08. The van der Waals surface area contributed by atoms with Gasteiger partial charge in [-0.1, -0.05) is 96.1 Å². The van der Waals surface area contributed by atoms with Crippen LogP contribution >= 0.6 is 21.6 Å². The lowest BCUT2D eigenvalue weighted by atomic mass is 10.0. The third-order valence-corrected chi connectivity index (χ3v) is 12.0. The molecule has 282 valence electrons. The number of carbonyl (C=O) groups is 6.